The minimum absolute atomic E-state index is 0.212. The molecule has 3 heteroatoms. The van der Waals surface area contributed by atoms with E-state index in [0.29, 0.717) is 6.54 Å². The summed E-state index contributed by atoms with van der Waals surface area (Å²) < 4.78 is 0. The number of fused-ring (bicyclic) bond motifs is 1. The van der Waals surface area contributed by atoms with Crippen LogP contribution < -0.4 is 5.32 Å². The van der Waals surface area contributed by atoms with Gasteiger partial charge in [0, 0.05) is 12.6 Å². The Hall–Kier alpha value is -2.57. The molecule has 2 rings (SSSR count). The number of hydrogen-bond donors (Lipinski definition) is 2. The van der Waals surface area contributed by atoms with Crippen molar-refractivity contribution >= 4 is 16.7 Å². The van der Waals surface area contributed by atoms with Gasteiger partial charge in [0.1, 0.15) is 5.41 Å². The van der Waals surface area contributed by atoms with Crippen molar-refractivity contribution in [2.75, 3.05) is 6.54 Å². The highest BCUT2D eigenvalue weighted by Crippen LogP contribution is 2.23. The summed E-state index contributed by atoms with van der Waals surface area (Å²) in [6.45, 7) is 6.00. The number of aliphatic carboxylic acids is 1. The molecule has 1 atom stereocenters. The predicted molar refractivity (Wildman–Crippen MR) is 98.7 cm³/mol. The standard InChI is InChI=1S/C21H23NO2/c1-16(18-13-9-11-17-10-5-6-12-19(17)18)22-15-8-4-7-14-21(2,3)20(23)24/h4-6,8-13,16,22H,15H2,1-3H3,(H,23,24)/b8-4+/t16-/m1/s1. The van der Waals surface area contributed by atoms with Crippen LogP contribution in [0.25, 0.3) is 10.8 Å². The minimum Gasteiger partial charge on any atom is -0.480 e. The van der Waals surface area contributed by atoms with E-state index in [1.165, 1.54) is 16.3 Å². The average molecular weight is 321 g/mol. The van der Waals surface area contributed by atoms with E-state index >= 15 is 0 Å². The van der Waals surface area contributed by atoms with Gasteiger partial charge in [-0.1, -0.05) is 60.4 Å². The van der Waals surface area contributed by atoms with Crippen molar-refractivity contribution in [3.8, 4) is 11.8 Å². The monoisotopic (exact) mass is 321 g/mol. The SMILES string of the molecule is C[C@@H](NC/C=C/C#CC(C)(C)C(=O)O)c1cccc2ccccc12. The lowest BCUT2D eigenvalue weighted by Gasteiger charge is -2.15. The first-order chi connectivity index (χ1) is 11.4. The Bertz CT molecular complexity index is 804. The summed E-state index contributed by atoms with van der Waals surface area (Å²) in [4.78, 5) is 11.0. The molecule has 3 nitrogen and oxygen atoms in total. The molecule has 0 aromatic heterocycles. The van der Waals surface area contributed by atoms with Crippen LogP contribution in [0.1, 0.15) is 32.4 Å². The Balaban J connectivity index is 1.96. The third-order valence-corrected chi connectivity index (χ3v) is 3.95. The van der Waals surface area contributed by atoms with Crippen LogP contribution in [0.2, 0.25) is 0 Å². The number of carboxylic acid groups (broad SMARTS) is 1. The zero-order chi connectivity index (χ0) is 17.6. The topological polar surface area (TPSA) is 49.3 Å². The second-order valence-electron chi connectivity index (χ2n) is 6.30. The van der Waals surface area contributed by atoms with E-state index in [9.17, 15) is 4.79 Å². The summed E-state index contributed by atoms with van der Waals surface area (Å²) in [5, 5.41) is 14.9. The molecule has 0 amide bonds. The van der Waals surface area contributed by atoms with Gasteiger partial charge in [-0.05, 0) is 43.2 Å². The lowest BCUT2D eigenvalue weighted by molar-refractivity contribution is -0.143. The van der Waals surface area contributed by atoms with Gasteiger partial charge in [-0.3, -0.25) is 4.79 Å². The molecule has 0 fully saturated rings. The van der Waals surface area contributed by atoms with Gasteiger partial charge in [0.05, 0.1) is 0 Å². The van der Waals surface area contributed by atoms with Crippen LogP contribution in [0, 0.1) is 17.3 Å². The summed E-state index contributed by atoms with van der Waals surface area (Å²) in [6, 6.07) is 14.9. The van der Waals surface area contributed by atoms with Crippen LogP contribution in [0.5, 0.6) is 0 Å². The van der Waals surface area contributed by atoms with E-state index < -0.39 is 11.4 Å². The second kappa shape index (κ2) is 7.81. The number of nitrogens with one attached hydrogen (secondary N) is 1. The van der Waals surface area contributed by atoms with Crippen molar-refractivity contribution in [2.24, 2.45) is 5.41 Å². The van der Waals surface area contributed by atoms with E-state index in [0.717, 1.165) is 0 Å². The van der Waals surface area contributed by atoms with Gasteiger partial charge >= 0.3 is 5.97 Å². The van der Waals surface area contributed by atoms with Crippen molar-refractivity contribution in [1.29, 1.82) is 0 Å². The molecule has 0 aliphatic heterocycles. The molecule has 0 spiro atoms. The van der Waals surface area contributed by atoms with Crippen LogP contribution >= 0.6 is 0 Å². The predicted octanol–water partition coefficient (Wildman–Crippen LogP) is 4.16. The first-order valence-corrected chi connectivity index (χ1v) is 8.04. The molecular formula is C21H23NO2. The lowest BCUT2D eigenvalue weighted by atomic mass is 9.95. The molecule has 0 saturated heterocycles. The van der Waals surface area contributed by atoms with Crippen LogP contribution in [0.4, 0.5) is 0 Å². The van der Waals surface area contributed by atoms with E-state index in [1.54, 1.807) is 19.9 Å². The molecular weight excluding hydrogens is 298 g/mol. The highest BCUT2D eigenvalue weighted by Gasteiger charge is 2.23. The molecule has 0 aliphatic rings. The number of carboxylic acids is 1. The smallest absolute Gasteiger partial charge is 0.321 e. The van der Waals surface area contributed by atoms with Gasteiger partial charge in [-0.25, -0.2) is 0 Å². The number of allylic oxidation sites excluding steroid dienone is 1. The van der Waals surface area contributed by atoms with Crippen molar-refractivity contribution in [2.45, 2.75) is 26.8 Å². The number of hydrogen-bond acceptors (Lipinski definition) is 2. The third kappa shape index (κ3) is 4.47. The van der Waals surface area contributed by atoms with Gasteiger partial charge in [-0.2, -0.15) is 0 Å². The summed E-state index contributed by atoms with van der Waals surface area (Å²) in [5.41, 5.74) is 0.244. The fraction of sp³-hybridized carbons (Fsp3) is 0.286. The maximum atomic E-state index is 11.0. The molecule has 0 heterocycles. The summed E-state index contributed by atoms with van der Waals surface area (Å²) in [6.07, 6.45) is 3.61. The average Bonchev–Trinajstić information content (AvgIpc) is 2.57. The molecule has 0 bridgehead atoms. The van der Waals surface area contributed by atoms with Crippen LogP contribution in [0.3, 0.4) is 0 Å². The quantitative estimate of drug-likeness (QED) is 0.813. The zero-order valence-corrected chi connectivity index (χ0v) is 14.3. The summed E-state index contributed by atoms with van der Waals surface area (Å²) >= 11 is 0. The Morgan fingerprint density at radius 2 is 1.96 bits per heavy atom. The Labute approximate surface area is 143 Å². The second-order valence-corrected chi connectivity index (χ2v) is 6.30. The maximum Gasteiger partial charge on any atom is 0.321 e. The number of rotatable bonds is 5. The number of benzene rings is 2. The zero-order valence-electron chi connectivity index (χ0n) is 14.3. The van der Waals surface area contributed by atoms with E-state index in [2.05, 4.69) is 60.5 Å². The molecule has 24 heavy (non-hydrogen) atoms. The fourth-order valence-corrected chi connectivity index (χ4v) is 2.38. The maximum absolute atomic E-state index is 11.0. The first-order valence-electron chi connectivity index (χ1n) is 8.04. The molecule has 0 aliphatic carbocycles. The number of carbonyl (C=O) groups is 1. The lowest BCUT2D eigenvalue weighted by Crippen LogP contribution is -2.21. The van der Waals surface area contributed by atoms with E-state index in [1.807, 2.05) is 12.1 Å². The largest absolute Gasteiger partial charge is 0.480 e. The van der Waals surface area contributed by atoms with Crippen molar-refractivity contribution < 1.29 is 9.90 Å². The van der Waals surface area contributed by atoms with Gasteiger partial charge in [0.2, 0.25) is 0 Å². The third-order valence-electron chi connectivity index (χ3n) is 3.95. The molecule has 2 aromatic carbocycles. The highest BCUT2D eigenvalue weighted by atomic mass is 16.4. The molecule has 2 aromatic rings. The Morgan fingerprint density at radius 1 is 1.25 bits per heavy atom. The molecule has 0 unspecified atom stereocenters. The minimum atomic E-state index is -1.02. The Kier molecular flexibility index (Phi) is 5.78. The molecule has 0 radical (unpaired) electrons. The van der Waals surface area contributed by atoms with Crippen LogP contribution in [0.15, 0.2) is 54.6 Å². The Morgan fingerprint density at radius 3 is 2.71 bits per heavy atom. The fourth-order valence-electron chi connectivity index (χ4n) is 2.38. The van der Waals surface area contributed by atoms with Gasteiger partial charge in [-0.15, -0.1) is 0 Å². The first kappa shape index (κ1) is 17.8. The summed E-state index contributed by atoms with van der Waals surface area (Å²) in [5.74, 6) is 4.63. The van der Waals surface area contributed by atoms with Crippen LogP contribution in [-0.2, 0) is 4.79 Å². The highest BCUT2D eigenvalue weighted by molar-refractivity contribution is 5.86. The van der Waals surface area contributed by atoms with Crippen molar-refractivity contribution in [3.05, 3.63) is 60.2 Å². The van der Waals surface area contributed by atoms with E-state index in [-0.39, 0.29) is 6.04 Å². The molecule has 2 N–H and O–H groups in total. The molecule has 0 saturated carbocycles. The van der Waals surface area contributed by atoms with Crippen molar-refractivity contribution in [1.82, 2.24) is 5.32 Å². The van der Waals surface area contributed by atoms with E-state index in [4.69, 9.17) is 5.11 Å². The van der Waals surface area contributed by atoms with Gasteiger partial charge in [0.25, 0.3) is 0 Å². The van der Waals surface area contributed by atoms with Crippen molar-refractivity contribution in [3.63, 3.8) is 0 Å². The normalized spacial score (nSPS) is 12.8. The van der Waals surface area contributed by atoms with Crippen LogP contribution in [-0.4, -0.2) is 17.6 Å². The van der Waals surface area contributed by atoms with Gasteiger partial charge < -0.3 is 10.4 Å². The molecule has 124 valence electrons. The van der Waals surface area contributed by atoms with Gasteiger partial charge in [0.15, 0.2) is 0 Å². The summed E-state index contributed by atoms with van der Waals surface area (Å²) in [7, 11) is 0.